The van der Waals surface area contributed by atoms with E-state index in [0.29, 0.717) is 30.3 Å². The number of nitriles is 1. The molecule has 1 N–H and O–H groups in total. The van der Waals surface area contributed by atoms with Crippen LogP contribution >= 0.6 is 0 Å². The summed E-state index contributed by atoms with van der Waals surface area (Å²) in [5, 5.41) is 9.44. The maximum Gasteiger partial charge on any atom is 0.573 e. The van der Waals surface area contributed by atoms with E-state index in [0.717, 1.165) is 12.5 Å². The van der Waals surface area contributed by atoms with Crippen molar-refractivity contribution in [1.29, 1.82) is 5.26 Å². The molecule has 1 aromatic heterocycles. The van der Waals surface area contributed by atoms with Gasteiger partial charge in [-0.25, -0.2) is 4.39 Å². The monoisotopic (exact) mass is 437 g/mol. The van der Waals surface area contributed by atoms with Gasteiger partial charge in [-0.2, -0.15) is 5.26 Å². The van der Waals surface area contributed by atoms with Crippen molar-refractivity contribution < 1.29 is 27.1 Å². The van der Waals surface area contributed by atoms with Crippen LogP contribution in [-0.2, 0) is 4.79 Å². The number of fused-ring (bicyclic) bond motifs is 3. The molecule has 31 heavy (non-hydrogen) atoms. The summed E-state index contributed by atoms with van der Waals surface area (Å²) in [6.45, 7) is 3.74. The van der Waals surface area contributed by atoms with E-state index >= 15 is 0 Å². The highest BCUT2D eigenvalue weighted by molar-refractivity contribution is 5.87. The van der Waals surface area contributed by atoms with Crippen molar-refractivity contribution >= 4 is 16.8 Å². The highest BCUT2D eigenvalue weighted by Crippen LogP contribution is 2.53. The zero-order valence-corrected chi connectivity index (χ0v) is 17.2. The molecule has 1 amide bonds. The van der Waals surface area contributed by atoms with Crippen molar-refractivity contribution in [3.63, 3.8) is 0 Å². The van der Waals surface area contributed by atoms with Crippen molar-refractivity contribution in [3.8, 4) is 11.8 Å². The number of halogens is 4. The Morgan fingerprint density at radius 1 is 1.39 bits per heavy atom. The lowest BCUT2D eigenvalue weighted by Crippen LogP contribution is -2.63. The quantitative estimate of drug-likeness (QED) is 0.639. The maximum atomic E-state index is 14.8. The Bertz CT molecular complexity index is 1050. The third-order valence-electron chi connectivity index (χ3n) is 6.68. The first kappa shape index (κ1) is 21.5. The average molecular weight is 437 g/mol. The summed E-state index contributed by atoms with van der Waals surface area (Å²) in [4.78, 5) is 17.9. The molecule has 2 bridgehead atoms. The molecule has 2 saturated heterocycles. The van der Waals surface area contributed by atoms with Crippen molar-refractivity contribution in [3.05, 3.63) is 29.7 Å². The number of hydrogen-bond donors (Lipinski definition) is 1. The number of H-pyrrole nitrogens is 1. The van der Waals surface area contributed by atoms with E-state index in [4.69, 9.17) is 0 Å². The number of rotatable bonds is 5. The predicted octanol–water partition coefficient (Wildman–Crippen LogP) is 5.38. The van der Waals surface area contributed by atoms with Crippen molar-refractivity contribution in [2.75, 3.05) is 0 Å². The van der Waals surface area contributed by atoms with E-state index in [1.54, 1.807) is 6.92 Å². The zero-order valence-electron chi connectivity index (χ0n) is 17.2. The number of benzene rings is 1. The number of hydrogen-bond acceptors (Lipinski definition) is 3. The second-order valence-electron chi connectivity index (χ2n) is 8.72. The summed E-state index contributed by atoms with van der Waals surface area (Å²) in [6, 6.07) is 4.70. The average Bonchev–Trinajstić information content (AvgIpc) is 3.12. The smallest absolute Gasteiger partial charge is 0.403 e. The number of carbonyl (C=O) groups excluding carboxylic acids is 1. The van der Waals surface area contributed by atoms with Crippen LogP contribution in [0, 0.1) is 22.6 Å². The minimum absolute atomic E-state index is 0.000114. The SMILES string of the molecule is CCC1CC2(C#N)CC(C2)N1C(=O)CC(C)c1c[nH]c2ccc(OC(F)(F)F)c(F)c12. The molecule has 2 aromatic rings. The van der Waals surface area contributed by atoms with Crippen LogP contribution in [0.15, 0.2) is 18.3 Å². The Morgan fingerprint density at radius 3 is 2.71 bits per heavy atom. The van der Waals surface area contributed by atoms with Gasteiger partial charge in [0.2, 0.25) is 5.91 Å². The van der Waals surface area contributed by atoms with Gasteiger partial charge in [0.25, 0.3) is 0 Å². The molecule has 9 heteroatoms. The summed E-state index contributed by atoms with van der Waals surface area (Å²) in [6.07, 6.45) is -0.600. The summed E-state index contributed by atoms with van der Waals surface area (Å²) in [7, 11) is 0. The molecule has 0 radical (unpaired) electrons. The lowest BCUT2D eigenvalue weighted by molar-refractivity contribution is -0.275. The minimum Gasteiger partial charge on any atom is -0.403 e. The van der Waals surface area contributed by atoms with E-state index in [9.17, 15) is 27.6 Å². The number of ether oxygens (including phenoxy) is 1. The fourth-order valence-corrected chi connectivity index (χ4v) is 5.19. The summed E-state index contributed by atoms with van der Waals surface area (Å²) >= 11 is 0. The third kappa shape index (κ3) is 3.73. The molecule has 1 aromatic carbocycles. The number of aromatic amines is 1. The van der Waals surface area contributed by atoms with E-state index < -0.39 is 23.8 Å². The molecule has 5 nitrogen and oxygen atoms in total. The van der Waals surface area contributed by atoms with Gasteiger partial charge < -0.3 is 14.6 Å². The molecular weight excluding hydrogens is 414 g/mol. The number of alkyl halides is 3. The van der Waals surface area contributed by atoms with Gasteiger partial charge in [-0.1, -0.05) is 13.8 Å². The van der Waals surface area contributed by atoms with E-state index in [1.165, 1.54) is 12.3 Å². The first-order chi connectivity index (χ1) is 14.6. The summed E-state index contributed by atoms with van der Waals surface area (Å²) in [5.74, 6) is -2.50. The number of nitrogens with zero attached hydrogens (tertiary/aromatic N) is 2. The Kier molecular flexibility index (Phi) is 5.15. The maximum absolute atomic E-state index is 14.8. The van der Waals surface area contributed by atoms with Crippen LogP contribution < -0.4 is 4.74 Å². The third-order valence-corrected chi connectivity index (χ3v) is 6.68. The molecule has 0 spiro atoms. The predicted molar refractivity (Wildman–Crippen MR) is 105 cm³/mol. The molecule has 2 atom stereocenters. The summed E-state index contributed by atoms with van der Waals surface area (Å²) in [5.41, 5.74) is 0.449. The Balaban J connectivity index is 1.56. The van der Waals surface area contributed by atoms with E-state index in [-0.39, 0.29) is 35.2 Å². The van der Waals surface area contributed by atoms with Crippen LogP contribution in [0.5, 0.6) is 5.75 Å². The van der Waals surface area contributed by atoms with Crippen LogP contribution in [-0.4, -0.2) is 34.2 Å². The van der Waals surface area contributed by atoms with Gasteiger partial charge in [0.05, 0.1) is 11.5 Å². The lowest BCUT2D eigenvalue weighted by Gasteiger charge is -2.58. The highest BCUT2D eigenvalue weighted by Gasteiger charge is 2.55. The molecule has 3 aliphatic rings. The number of aromatic nitrogens is 1. The standard InChI is InChI=1S/C22H23F4N3O2/c1-3-13-7-21(11-27)8-14(9-21)29(13)18(30)6-12(2)15-10-28-16-4-5-17(20(23)19(15)16)31-22(24,25)26/h4-5,10,12-14,28H,3,6-9H2,1-2H3. The van der Waals surface area contributed by atoms with E-state index in [2.05, 4.69) is 15.8 Å². The van der Waals surface area contributed by atoms with Gasteiger partial charge in [0.1, 0.15) is 0 Å². The molecule has 166 valence electrons. The van der Waals surface area contributed by atoms with Gasteiger partial charge in [0.15, 0.2) is 11.6 Å². The second-order valence-corrected chi connectivity index (χ2v) is 8.72. The van der Waals surface area contributed by atoms with Crippen LogP contribution in [0.1, 0.15) is 57.4 Å². The fraction of sp³-hybridized carbons (Fsp3) is 0.545. The number of nitrogens with one attached hydrogen (secondary N) is 1. The molecule has 3 fully saturated rings. The molecular formula is C22H23F4N3O2. The highest BCUT2D eigenvalue weighted by atomic mass is 19.4. The van der Waals surface area contributed by atoms with Crippen LogP contribution in [0.3, 0.4) is 0 Å². The van der Waals surface area contributed by atoms with Crippen molar-refractivity contribution in [1.82, 2.24) is 9.88 Å². The normalized spacial score (nSPS) is 26.3. The fourth-order valence-electron chi connectivity index (χ4n) is 5.19. The number of amides is 1. The molecule has 2 unspecified atom stereocenters. The van der Waals surface area contributed by atoms with Crippen molar-refractivity contribution in [2.45, 2.75) is 70.3 Å². The molecule has 2 aliphatic heterocycles. The van der Waals surface area contributed by atoms with Gasteiger partial charge in [-0.05, 0) is 49.3 Å². The van der Waals surface area contributed by atoms with Crippen LogP contribution in [0.2, 0.25) is 0 Å². The zero-order chi connectivity index (χ0) is 22.6. The topological polar surface area (TPSA) is 69.1 Å². The Labute approximate surface area is 177 Å². The molecule has 5 rings (SSSR count). The lowest BCUT2D eigenvalue weighted by atomic mass is 9.58. The Morgan fingerprint density at radius 2 is 2.10 bits per heavy atom. The Hall–Kier alpha value is -2.76. The van der Waals surface area contributed by atoms with Crippen molar-refractivity contribution in [2.24, 2.45) is 5.41 Å². The molecule has 1 aliphatic carbocycles. The van der Waals surface area contributed by atoms with Crippen LogP contribution in [0.4, 0.5) is 17.6 Å². The second kappa shape index (κ2) is 7.43. The minimum atomic E-state index is -5.00. The van der Waals surface area contributed by atoms with Gasteiger partial charge in [0, 0.05) is 35.6 Å². The van der Waals surface area contributed by atoms with Gasteiger partial charge >= 0.3 is 6.36 Å². The largest absolute Gasteiger partial charge is 0.573 e. The number of piperidine rings is 2. The van der Waals surface area contributed by atoms with Crippen LogP contribution in [0.25, 0.3) is 10.9 Å². The molecule has 1 saturated carbocycles. The summed E-state index contributed by atoms with van der Waals surface area (Å²) < 4.78 is 56.4. The van der Waals surface area contributed by atoms with Gasteiger partial charge in [-0.15, -0.1) is 13.2 Å². The molecule has 3 heterocycles. The number of carbonyl (C=O) groups is 1. The first-order valence-corrected chi connectivity index (χ1v) is 10.3. The van der Waals surface area contributed by atoms with Gasteiger partial charge in [-0.3, -0.25) is 4.79 Å². The first-order valence-electron chi connectivity index (χ1n) is 10.3. The van der Waals surface area contributed by atoms with E-state index in [1.807, 2.05) is 11.8 Å².